The van der Waals surface area contributed by atoms with Crippen LogP contribution in [0.25, 0.3) is 0 Å². The summed E-state index contributed by atoms with van der Waals surface area (Å²) < 4.78 is 5.31. The highest BCUT2D eigenvalue weighted by atomic mass is 32.2. The van der Waals surface area contributed by atoms with Crippen molar-refractivity contribution in [1.29, 1.82) is 0 Å². The molecule has 2 unspecified atom stereocenters. The molecular weight excluding hydrogens is 234 g/mol. The second-order valence-corrected chi connectivity index (χ2v) is 5.92. The summed E-state index contributed by atoms with van der Waals surface area (Å²) in [4.78, 5) is 4.50. The molecule has 1 aliphatic heterocycles. The third-order valence-corrected chi connectivity index (χ3v) is 4.30. The summed E-state index contributed by atoms with van der Waals surface area (Å²) in [5.74, 6) is 2.89. The predicted molar refractivity (Wildman–Crippen MR) is 70.2 cm³/mol. The molecule has 0 bridgehead atoms. The van der Waals surface area contributed by atoms with Gasteiger partial charge in [0, 0.05) is 12.5 Å². The molecule has 17 heavy (non-hydrogen) atoms. The summed E-state index contributed by atoms with van der Waals surface area (Å²) >= 11 is 1.94. The summed E-state index contributed by atoms with van der Waals surface area (Å²) in [7, 11) is 0. The second kappa shape index (κ2) is 6.40. The van der Waals surface area contributed by atoms with E-state index in [1.807, 2.05) is 11.8 Å². The van der Waals surface area contributed by atoms with E-state index >= 15 is 0 Å². The monoisotopic (exact) mass is 255 g/mol. The molecule has 4 nitrogen and oxygen atoms in total. The van der Waals surface area contributed by atoms with Crippen LogP contribution in [-0.4, -0.2) is 28.5 Å². The van der Waals surface area contributed by atoms with Crippen molar-refractivity contribution in [3.63, 3.8) is 0 Å². The van der Waals surface area contributed by atoms with Crippen LogP contribution < -0.4 is 5.32 Å². The molecule has 96 valence electrons. The summed E-state index contributed by atoms with van der Waals surface area (Å²) in [5, 5.41) is 7.99. The Labute approximate surface area is 107 Å². The maximum Gasteiger partial charge on any atom is 0.228 e. The van der Waals surface area contributed by atoms with Gasteiger partial charge in [-0.3, -0.25) is 0 Å². The molecular formula is C12H21N3OS. The minimum atomic E-state index is 0.402. The van der Waals surface area contributed by atoms with Crippen molar-refractivity contribution in [3.05, 3.63) is 11.7 Å². The van der Waals surface area contributed by atoms with Gasteiger partial charge >= 0.3 is 0 Å². The summed E-state index contributed by atoms with van der Waals surface area (Å²) in [5.41, 5.74) is 0. The van der Waals surface area contributed by atoms with Crippen molar-refractivity contribution in [3.8, 4) is 0 Å². The van der Waals surface area contributed by atoms with Crippen LogP contribution in [0.15, 0.2) is 4.52 Å². The molecule has 1 aromatic heterocycles. The van der Waals surface area contributed by atoms with Crippen LogP contribution >= 0.6 is 11.8 Å². The number of hydrogen-bond donors (Lipinski definition) is 1. The number of nitrogens with one attached hydrogen (secondary N) is 1. The van der Waals surface area contributed by atoms with Gasteiger partial charge in [0.25, 0.3) is 0 Å². The lowest BCUT2D eigenvalue weighted by Crippen LogP contribution is -2.28. The van der Waals surface area contributed by atoms with Crippen molar-refractivity contribution >= 4 is 11.8 Å². The van der Waals surface area contributed by atoms with E-state index in [2.05, 4.69) is 29.3 Å². The van der Waals surface area contributed by atoms with Gasteiger partial charge in [0.05, 0.1) is 5.25 Å². The molecule has 2 heterocycles. The molecule has 5 heteroatoms. The van der Waals surface area contributed by atoms with Crippen LogP contribution in [0.3, 0.4) is 0 Å². The van der Waals surface area contributed by atoms with Gasteiger partial charge in [-0.25, -0.2) is 0 Å². The number of nitrogens with zero attached hydrogens (tertiary/aromatic N) is 2. The SMILES string of the molecule is CCCNC(C)Cc1nc(C2CCCS2)no1. The molecule has 1 saturated heterocycles. The lowest BCUT2D eigenvalue weighted by molar-refractivity contribution is 0.357. The third kappa shape index (κ3) is 3.71. The maximum atomic E-state index is 5.31. The lowest BCUT2D eigenvalue weighted by Gasteiger charge is -2.09. The minimum absolute atomic E-state index is 0.402. The minimum Gasteiger partial charge on any atom is -0.339 e. The van der Waals surface area contributed by atoms with E-state index in [-0.39, 0.29) is 0 Å². The smallest absolute Gasteiger partial charge is 0.228 e. The normalized spacial score (nSPS) is 21.9. The highest BCUT2D eigenvalue weighted by Crippen LogP contribution is 2.38. The fraction of sp³-hybridized carbons (Fsp3) is 0.833. The molecule has 2 rings (SSSR count). The molecule has 0 aromatic carbocycles. The Kier molecular flexibility index (Phi) is 4.86. The van der Waals surface area contributed by atoms with Crippen molar-refractivity contribution < 1.29 is 4.52 Å². The first-order valence-electron chi connectivity index (χ1n) is 6.47. The van der Waals surface area contributed by atoms with E-state index in [1.165, 1.54) is 18.6 Å². The standard InChI is InChI=1S/C12H21N3OS/c1-3-6-13-9(2)8-11-14-12(15-16-11)10-5-4-7-17-10/h9-10,13H,3-8H2,1-2H3. The number of aromatic nitrogens is 2. The van der Waals surface area contributed by atoms with Gasteiger partial charge in [0.2, 0.25) is 5.89 Å². The lowest BCUT2D eigenvalue weighted by atomic mass is 10.2. The first kappa shape index (κ1) is 12.9. The average molecular weight is 255 g/mol. The van der Waals surface area contributed by atoms with Gasteiger partial charge < -0.3 is 9.84 Å². The van der Waals surface area contributed by atoms with E-state index in [9.17, 15) is 0 Å². The first-order valence-corrected chi connectivity index (χ1v) is 7.52. The van der Waals surface area contributed by atoms with Crippen LogP contribution in [0.1, 0.15) is 50.1 Å². The number of rotatable bonds is 6. The fourth-order valence-corrected chi connectivity index (χ4v) is 3.18. The van der Waals surface area contributed by atoms with Gasteiger partial charge in [-0.1, -0.05) is 12.1 Å². The highest BCUT2D eigenvalue weighted by Gasteiger charge is 2.23. The van der Waals surface area contributed by atoms with Gasteiger partial charge in [0.1, 0.15) is 0 Å². The van der Waals surface area contributed by atoms with E-state index in [0.717, 1.165) is 31.1 Å². The van der Waals surface area contributed by atoms with Crippen LogP contribution in [0.4, 0.5) is 0 Å². The van der Waals surface area contributed by atoms with Gasteiger partial charge in [0.15, 0.2) is 5.82 Å². The van der Waals surface area contributed by atoms with E-state index in [4.69, 9.17) is 4.52 Å². The molecule has 1 fully saturated rings. The zero-order valence-electron chi connectivity index (χ0n) is 10.6. The quantitative estimate of drug-likeness (QED) is 0.846. The Morgan fingerprint density at radius 2 is 2.47 bits per heavy atom. The van der Waals surface area contributed by atoms with Gasteiger partial charge in [-0.2, -0.15) is 16.7 Å². The van der Waals surface area contributed by atoms with Crippen LogP contribution in [-0.2, 0) is 6.42 Å². The Hall–Kier alpha value is -0.550. The Morgan fingerprint density at radius 1 is 1.59 bits per heavy atom. The van der Waals surface area contributed by atoms with Crippen LogP contribution in [0.2, 0.25) is 0 Å². The van der Waals surface area contributed by atoms with Gasteiger partial charge in [-0.15, -0.1) is 0 Å². The molecule has 0 radical (unpaired) electrons. The Bertz CT molecular complexity index is 336. The molecule has 2 atom stereocenters. The average Bonchev–Trinajstić information content (AvgIpc) is 2.95. The second-order valence-electron chi connectivity index (χ2n) is 4.61. The summed E-state index contributed by atoms with van der Waals surface area (Å²) in [6.45, 7) is 5.37. The van der Waals surface area contributed by atoms with Crippen LogP contribution in [0, 0.1) is 0 Å². The van der Waals surface area contributed by atoms with E-state index in [0.29, 0.717) is 11.3 Å². The fourth-order valence-electron chi connectivity index (χ4n) is 1.99. The topological polar surface area (TPSA) is 51.0 Å². The van der Waals surface area contributed by atoms with Crippen molar-refractivity contribution in [2.45, 2.75) is 50.8 Å². The molecule has 1 aromatic rings. The zero-order chi connectivity index (χ0) is 12.1. The Morgan fingerprint density at radius 3 is 3.18 bits per heavy atom. The van der Waals surface area contributed by atoms with E-state index < -0.39 is 0 Å². The van der Waals surface area contributed by atoms with Gasteiger partial charge in [-0.05, 0) is 38.5 Å². The highest BCUT2D eigenvalue weighted by molar-refractivity contribution is 7.99. The molecule has 0 saturated carbocycles. The molecule has 1 aliphatic rings. The van der Waals surface area contributed by atoms with Crippen molar-refractivity contribution in [2.75, 3.05) is 12.3 Å². The van der Waals surface area contributed by atoms with Crippen LogP contribution in [0.5, 0.6) is 0 Å². The summed E-state index contributed by atoms with van der Waals surface area (Å²) in [6.07, 6.45) is 4.43. The molecule has 0 aliphatic carbocycles. The molecule has 1 N–H and O–H groups in total. The summed E-state index contributed by atoms with van der Waals surface area (Å²) in [6, 6.07) is 0.402. The van der Waals surface area contributed by atoms with Crippen molar-refractivity contribution in [1.82, 2.24) is 15.5 Å². The number of hydrogen-bond acceptors (Lipinski definition) is 5. The predicted octanol–water partition coefficient (Wildman–Crippen LogP) is 2.57. The maximum absolute atomic E-state index is 5.31. The molecule has 0 spiro atoms. The number of thioether (sulfide) groups is 1. The molecule has 0 amide bonds. The van der Waals surface area contributed by atoms with E-state index in [1.54, 1.807) is 0 Å². The Balaban J connectivity index is 1.84. The largest absolute Gasteiger partial charge is 0.339 e. The first-order chi connectivity index (χ1) is 8.29. The zero-order valence-corrected chi connectivity index (χ0v) is 11.4. The van der Waals surface area contributed by atoms with Crippen molar-refractivity contribution in [2.24, 2.45) is 0 Å². The third-order valence-electron chi connectivity index (χ3n) is 2.93.